The number of likely N-dealkylation sites (tertiary alicyclic amines) is 1. The zero-order valence-electron chi connectivity index (χ0n) is 15.9. The van der Waals surface area contributed by atoms with Crippen LogP contribution in [-0.2, 0) is 16.8 Å². The van der Waals surface area contributed by atoms with Crippen molar-refractivity contribution in [3.05, 3.63) is 53.4 Å². The Hall–Kier alpha value is -2.74. The van der Waals surface area contributed by atoms with Crippen molar-refractivity contribution >= 4 is 11.8 Å². The van der Waals surface area contributed by atoms with E-state index in [1.165, 1.54) is 23.9 Å². The number of benzene rings is 1. The largest absolute Gasteiger partial charge is 0.348 e. The third-order valence-electron chi connectivity index (χ3n) is 5.89. The number of amides is 2. The number of quaternary nitrogens is 1. The summed E-state index contributed by atoms with van der Waals surface area (Å²) in [6, 6.07) is 4.78. The van der Waals surface area contributed by atoms with E-state index in [4.69, 9.17) is 0 Å². The zero-order valence-corrected chi connectivity index (χ0v) is 15.9. The van der Waals surface area contributed by atoms with Gasteiger partial charge in [-0.05, 0) is 25.1 Å². The first kappa shape index (κ1) is 18.6. The number of rotatable bonds is 3. The summed E-state index contributed by atoms with van der Waals surface area (Å²) in [5, 5.41) is 5.04. The van der Waals surface area contributed by atoms with E-state index in [0.29, 0.717) is 13.1 Å². The zero-order chi connectivity index (χ0) is 19.7. The van der Waals surface area contributed by atoms with Crippen LogP contribution in [0.1, 0.15) is 41.5 Å². The molecule has 1 aromatic carbocycles. The number of nitrogens with zero attached hydrogens (tertiary/aromatic N) is 2. The highest BCUT2D eigenvalue weighted by atomic mass is 19.1. The number of aromatic nitrogens is 2. The Morgan fingerprint density at radius 1 is 1.36 bits per heavy atom. The fourth-order valence-electron chi connectivity index (χ4n) is 4.34. The topological polar surface area (TPSA) is 94.7 Å². The number of hydrogen-bond acceptors (Lipinski definition) is 3. The molecule has 28 heavy (non-hydrogen) atoms. The molecular weight excluding hydrogens is 361 g/mol. The van der Waals surface area contributed by atoms with E-state index in [1.54, 1.807) is 18.2 Å². The third-order valence-corrected chi connectivity index (χ3v) is 5.89. The molecule has 3 heterocycles. The summed E-state index contributed by atoms with van der Waals surface area (Å²) in [6.07, 6.45) is 4.41. The molecule has 8 heteroatoms. The molecule has 1 aromatic heterocycles. The lowest BCUT2D eigenvalue weighted by atomic mass is 9.80. The Morgan fingerprint density at radius 3 is 2.89 bits per heavy atom. The second-order valence-corrected chi connectivity index (χ2v) is 7.66. The lowest BCUT2D eigenvalue weighted by Gasteiger charge is -2.41. The second kappa shape index (κ2) is 7.35. The van der Waals surface area contributed by atoms with Gasteiger partial charge < -0.3 is 20.5 Å². The average Bonchev–Trinajstić information content (AvgIpc) is 3.18. The van der Waals surface area contributed by atoms with E-state index in [0.717, 1.165) is 37.6 Å². The van der Waals surface area contributed by atoms with Gasteiger partial charge in [0.25, 0.3) is 5.91 Å². The lowest BCUT2D eigenvalue weighted by Crippen LogP contribution is -2.97. The number of aromatic amines is 1. The maximum absolute atomic E-state index is 13.3. The molecule has 0 bridgehead atoms. The fraction of sp³-hybridized carbons (Fsp3) is 0.450. The van der Waals surface area contributed by atoms with Gasteiger partial charge in [-0.1, -0.05) is 6.07 Å². The molecule has 4 N–H and O–H groups in total. The molecule has 1 fully saturated rings. The summed E-state index contributed by atoms with van der Waals surface area (Å²) >= 11 is 0. The molecule has 0 unspecified atom stereocenters. The van der Waals surface area contributed by atoms with E-state index in [-0.39, 0.29) is 17.0 Å². The predicted octanol–water partition coefficient (Wildman–Crippen LogP) is 0.305. The van der Waals surface area contributed by atoms with Crippen LogP contribution in [-0.4, -0.2) is 52.4 Å². The minimum absolute atomic E-state index is 0.0571. The van der Waals surface area contributed by atoms with Crippen LogP contribution < -0.4 is 10.6 Å². The molecular formula is C20H25FN5O2+. The molecule has 4 rings (SSSR count). The summed E-state index contributed by atoms with van der Waals surface area (Å²) in [4.78, 5) is 34.7. The van der Waals surface area contributed by atoms with E-state index in [9.17, 15) is 14.0 Å². The van der Waals surface area contributed by atoms with Gasteiger partial charge in [0.1, 0.15) is 23.1 Å². The van der Waals surface area contributed by atoms with Crippen molar-refractivity contribution in [2.24, 2.45) is 0 Å². The molecule has 2 aliphatic rings. The number of halogens is 1. The minimum atomic E-state index is -0.666. The van der Waals surface area contributed by atoms with Crippen molar-refractivity contribution in [2.75, 3.05) is 19.6 Å². The number of carbonyl (C=O) groups excluding carboxylic acids is 2. The quantitative estimate of drug-likeness (QED) is 0.708. The molecule has 1 saturated heterocycles. The van der Waals surface area contributed by atoms with Crippen LogP contribution in [0.25, 0.3) is 0 Å². The van der Waals surface area contributed by atoms with Crippen LogP contribution in [0.3, 0.4) is 0 Å². The first-order valence-electron chi connectivity index (χ1n) is 9.71. The number of hydrogen-bond donors (Lipinski definition) is 3. The lowest BCUT2D eigenvalue weighted by molar-refractivity contribution is -0.743. The van der Waals surface area contributed by atoms with Crippen molar-refractivity contribution in [3.8, 4) is 0 Å². The molecule has 2 amide bonds. The molecule has 7 nitrogen and oxygen atoms in total. The van der Waals surface area contributed by atoms with E-state index < -0.39 is 17.8 Å². The van der Waals surface area contributed by atoms with Crippen molar-refractivity contribution < 1.29 is 19.3 Å². The molecule has 1 spiro atoms. The summed E-state index contributed by atoms with van der Waals surface area (Å²) in [5.41, 5.74) is 2.48. The fourth-order valence-corrected chi connectivity index (χ4v) is 4.34. The van der Waals surface area contributed by atoms with Crippen LogP contribution in [0, 0.1) is 5.82 Å². The first-order chi connectivity index (χ1) is 13.5. The van der Waals surface area contributed by atoms with Gasteiger partial charge in [0.05, 0.1) is 12.9 Å². The molecule has 0 radical (unpaired) electrons. The first-order valence-corrected chi connectivity index (χ1v) is 9.71. The number of imidazole rings is 1. The SMILES string of the molecule is C[C@H](NC(=O)c1cccc(F)c1)C(=O)N1CCC2(CC1)[NH2+]CCc1[nH]cnc12. The normalized spacial score (nSPS) is 19.1. The maximum atomic E-state index is 13.3. The van der Waals surface area contributed by atoms with Gasteiger partial charge in [-0.2, -0.15) is 0 Å². The number of nitrogens with two attached hydrogens (primary N) is 1. The van der Waals surface area contributed by atoms with Crippen molar-refractivity contribution in [1.82, 2.24) is 20.2 Å². The Kier molecular flexibility index (Phi) is 4.89. The molecule has 0 aliphatic carbocycles. The standard InChI is InChI=1S/C20H24FN5O2/c1-13(25-18(27)14-3-2-4-15(21)11-14)19(28)26-9-6-20(7-10-26)17-16(5-8-24-20)22-12-23-17/h2-4,11-13,24H,5-10H2,1H3,(H,22,23)(H,25,27)/p+1/t13-/m0/s1. The molecule has 1 atom stereocenters. The molecule has 148 valence electrons. The Balaban J connectivity index is 1.37. The van der Waals surface area contributed by atoms with Crippen molar-refractivity contribution in [1.29, 1.82) is 0 Å². The number of fused-ring (bicyclic) bond motifs is 2. The predicted molar refractivity (Wildman–Crippen MR) is 99.9 cm³/mol. The number of nitrogens with one attached hydrogen (secondary N) is 2. The monoisotopic (exact) mass is 386 g/mol. The molecule has 0 saturated carbocycles. The Labute approximate surface area is 162 Å². The molecule has 2 aliphatic heterocycles. The van der Waals surface area contributed by atoms with Gasteiger partial charge in [0.2, 0.25) is 5.91 Å². The van der Waals surface area contributed by atoms with Gasteiger partial charge in [0.15, 0.2) is 0 Å². The highest BCUT2D eigenvalue weighted by Gasteiger charge is 2.46. The van der Waals surface area contributed by atoms with Crippen molar-refractivity contribution in [3.63, 3.8) is 0 Å². The minimum Gasteiger partial charge on any atom is -0.348 e. The third kappa shape index (κ3) is 3.40. The van der Waals surface area contributed by atoms with Crippen LogP contribution in [0.15, 0.2) is 30.6 Å². The van der Waals surface area contributed by atoms with E-state index in [2.05, 4.69) is 20.6 Å². The van der Waals surface area contributed by atoms with Gasteiger partial charge in [-0.15, -0.1) is 0 Å². The highest BCUT2D eigenvalue weighted by Crippen LogP contribution is 2.31. The Bertz CT molecular complexity index is 888. The van der Waals surface area contributed by atoms with Crippen LogP contribution in [0.2, 0.25) is 0 Å². The van der Waals surface area contributed by atoms with Crippen LogP contribution in [0.5, 0.6) is 0 Å². The summed E-state index contributed by atoms with van der Waals surface area (Å²) < 4.78 is 13.3. The average molecular weight is 386 g/mol. The highest BCUT2D eigenvalue weighted by molar-refractivity contribution is 5.97. The van der Waals surface area contributed by atoms with Crippen LogP contribution in [0.4, 0.5) is 4.39 Å². The van der Waals surface area contributed by atoms with Gasteiger partial charge in [0, 0.05) is 43.6 Å². The van der Waals surface area contributed by atoms with Crippen molar-refractivity contribution in [2.45, 2.75) is 37.8 Å². The second-order valence-electron chi connectivity index (χ2n) is 7.66. The van der Waals surface area contributed by atoms with E-state index in [1.807, 2.05) is 0 Å². The molecule has 2 aromatic rings. The Morgan fingerprint density at radius 2 is 2.14 bits per heavy atom. The van der Waals surface area contributed by atoms with E-state index >= 15 is 0 Å². The number of carbonyl (C=O) groups is 2. The summed E-state index contributed by atoms with van der Waals surface area (Å²) in [7, 11) is 0. The van der Waals surface area contributed by atoms with Gasteiger partial charge in [-0.3, -0.25) is 9.59 Å². The maximum Gasteiger partial charge on any atom is 0.252 e. The number of piperidine rings is 1. The van der Waals surface area contributed by atoms with Gasteiger partial charge >= 0.3 is 0 Å². The van der Waals surface area contributed by atoms with Crippen LogP contribution >= 0.6 is 0 Å². The van der Waals surface area contributed by atoms with Gasteiger partial charge in [-0.25, -0.2) is 9.37 Å². The summed E-state index contributed by atoms with van der Waals surface area (Å²) in [6.45, 7) is 3.94. The number of H-pyrrole nitrogens is 1. The smallest absolute Gasteiger partial charge is 0.252 e. The summed E-state index contributed by atoms with van der Waals surface area (Å²) in [5.74, 6) is -1.04.